The number of urea groups is 1. The first kappa shape index (κ1) is 29.3. The highest BCUT2D eigenvalue weighted by Gasteiger charge is 2.52. The molecule has 2 aliphatic heterocycles. The predicted molar refractivity (Wildman–Crippen MR) is 170 cm³/mol. The average molecular weight is 580 g/mol. The minimum Gasteiger partial charge on any atom is -0.371 e. The van der Waals surface area contributed by atoms with Crippen LogP contribution in [-0.4, -0.2) is 66.3 Å². The van der Waals surface area contributed by atoms with Crippen LogP contribution in [0, 0.1) is 36.0 Å². The van der Waals surface area contributed by atoms with Crippen LogP contribution in [0.25, 0.3) is 0 Å². The number of nitrogens with one attached hydrogen (secondary N) is 2. The highest BCUT2D eigenvalue weighted by atomic mass is 16.2. The second-order valence-electron chi connectivity index (χ2n) is 12.9. The molecule has 0 radical (unpaired) electrons. The molecule has 0 unspecified atom stereocenters. The van der Waals surface area contributed by atoms with Gasteiger partial charge in [0.1, 0.15) is 5.82 Å². The zero-order chi connectivity index (χ0) is 29.8. The number of carbonyl (C=O) groups is 1. The van der Waals surface area contributed by atoms with Gasteiger partial charge in [0.25, 0.3) is 0 Å². The van der Waals surface area contributed by atoms with Gasteiger partial charge in [0.05, 0.1) is 11.6 Å². The largest absolute Gasteiger partial charge is 0.371 e. The molecule has 0 spiro atoms. The molecule has 3 aromatic rings. The van der Waals surface area contributed by atoms with Gasteiger partial charge in [-0.3, -0.25) is 0 Å². The summed E-state index contributed by atoms with van der Waals surface area (Å²) in [4.78, 5) is 22.3. The van der Waals surface area contributed by atoms with Crippen LogP contribution in [0.5, 0.6) is 0 Å². The summed E-state index contributed by atoms with van der Waals surface area (Å²) in [6.45, 7) is 8.50. The number of amides is 2. The topological polar surface area (TPSA) is 89.2 Å². The lowest BCUT2D eigenvalue weighted by molar-refractivity contribution is 0.0563. The number of carbonyl (C=O) groups excluding carboxylic acids is 1. The van der Waals surface area contributed by atoms with E-state index >= 15 is 0 Å². The Hall–Kier alpha value is -3.83. The Kier molecular flexibility index (Phi) is 8.71. The number of anilines is 1. The molecule has 1 saturated carbocycles. The molecule has 2 saturated heterocycles. The number of rotatable bonds is 9. The normalized spacial score (nSPS) is 22.9. The molecular formula is C35H45N7O. The number of likely N-dealkylation sites (tertiary alicyclic amines) is 1. The maximum absolute atomic E-state index is 12.6. The first-order chi connectivity index (χ1) is 21.0. The van der Waals surface area contributed by atoms with Crippen LogP contribution in [0.4, 0.5) is 10.5 Å². The predicted octanol–water partition coefficient (Wildman–Crippen LogP) is 4.95. The summed E-state index contributed by atoms with van der Waals surface area (Å²) in [7, 11) is 1.71. The van der Waals surface area contributed by atoms with E-state index in [1.165, 1.54) is 11.3 Å². The fraction of sp³-hybridized carbons (Fsp3) is 0.514. The van der Waals surface area contributed by atoms with E-state index in [1.807, 2.05) is 18.3 Å². The van der Waals surface area contributed by atoms with Gasteiger partial charge in [-0.1, -0.05) is 36.8 Å². The number of nitrogens with zero attached hydrogens (tertiary/aromatic N) is 5. The molecule has 3 aliphatic rings. The third kappa shape index (κ3) is 6.01. The number of hydrogen-bond donors (Lipinski definition) is 2. The quantitative estimate of drug-likeness (QED) is 0.375. The van der Waals surface area contributed by atoms with Gasteiger partial charge in [-0.15, -0.1) is 0 Å². The molecule has 6 rings (SSSR count). The summed E-state index contributed by atoms with van der Waals surface area (Å²) in [5.74, 6) is 2.57. The third-order valence-electron chi connectivity index (χ3n) is 10.5. The van der Waals surface area contributed by atoms with Crippen LogP contribution in [0.3, 0.4) is 0 Å². The van der Waals surface area contributed by atoms with E-state index in [0.717, 1.165) is 77.2 Å². The molecule has 3 atom stereocenters. The monoisotopic (exact) mass is 579 g/mol. The van der Waals surface area contributed by atoms with Crippen molar-refractivity contribution in [1.82, 2.24) is 25.1 Å². The van der Waals surface area contributed by atoms with Gasteiger partial charge in [0, 0.05) is 68.7 Å². The van der Waals surface area contributed by atoms with Crippen molar-refractivity contribution < 1.29 is 4.79 Å². The number of piperidine rings is 1. The van der Waals surface area contributed by atoms with E-state index in [1.54, 1.807) is 7.05 Å². The molecule has 3 heterocycles. The summed E-state index contributed by atoms with van der Waals surface area (Å²) in [5.41, 5.74) is 3.22. The van der Waals surface area contributed by atoms with Crippen LogP contribution in [-0.2, 0) is 12.0 Å². The van der Waals surface area contributed by atoms with Gasteiger partial charge in [-0.25, -0.2) is 9.78 Å². The van der Waals surface area contributed by atoms with Crippen LogP contribution in [0.1, 0.15) is 49.1 Å². The van der Waals surface area contributed by atoms with Crippen LogP contribution < -0.4 is 15.5 Å². The van der Waals surface area contributed by atoms with Crippen molar-refractivity contribution in [3.8, 4) is 6.07 Å². The smallest absolute Gasteiger partial charge is 0.314 e. The van der Waals surface area contributed by atoms with E-state index in [2.05, 4.69) is 91.6 Å². The molecular weight excluding hydrogens is 534 g/mol. The van der Waals surface area contributed by atoms with Crippen LogP contribution >= 0.6 is 0 Å². The Morgan fingerprint density at radius 1 is 1.05 bits per heavy atom. The minimum atomic E-state index is -0.107. The molecule has 2 aromatic carbocycles. The van der Waals surface area contributed by atoms with Crippen molar-refractivity contribution >= 4 is 11.7 Å². The van der Waals surface area contributed by atoms with E-state index in [-0.39, 0.29) is 17.5 Å². The van der Waals surface area contributed by atoms with Crippen molar-refractivity contribution in [2.45, 2.75) is 57.0 Å². The SMILES string of the molecule is CNC(=O)N[C@H]1CCC[C@@H]1[C@@](Cn1ccnc1C)(c1ccccc1)C1CCN(CC2CN(c3ccc(C#N)cc3)C2)CC1. The Morgan fingerprint density at radius 2 is 1.79 bits per heavy atom. The second-order valence-corrected chi connectivity index (χ2v) is 12.9. The third-order valence-corrected chi connectivity index (χ3v) is 10.5. The molecule has 226 valence electrons. The van der Waals surface area contributed by atoms with Gasteiger partial charge in [0.15, 0.2) is 0 Å². The lowest BCUT2D eigenvalue weighted by atomic mass is 9.58. The first-order valence-corrected chi connectivity index (χ1v) is 16.0. The van der Waals surface area contributed by atoms with Gasteiger partial charge < -0.3 is 25.0 Å². The molecule has 2 N–H and O–H groups in total. The molecule has 43 heavy (non-hydrogen) atoms. The average Bonchev–Trinajstić information content (AvgIpc) is 3.66. The number of aromatic nitrogens is 2. The molecule has 1 aromatic heterocycles. The fourth-order valence-electron chi connectivity index (χ4n) is 8.32. The summed E-state index contributed by atoms with van der Waals surface area (Å²) in [5, 5.41) is 15.3. The Balaban J connectivity index is 1.20. The van der Waals surface area contributed by atoms with Crippen molar-refractivity contribution in [2.24, 2.45) is 17.8 Å². The van der Waals surface area contributed by atoms with Gasteiger partial charge in [-0.2, -0.15) is 5.26 Å². The first-order valence-electron chi connectivity index (χ1n) is 16.0. The Morgan fingerprint density at radius 3 is 2.44 bits per heavy atom. The highest BCUT2D eigenvalue weighted by molar-refractivity contribution is 5.73. The zero-order valence-corrected chi connectivity index (χ0v) is 25.6. The van der Waals surface area contributed by atoms with Gasteiger partial charge in [0.2, 0.25) is 0 Å². The van der Waals surface area contributed by atoms with Gasteiger partial charge in [-0.05, 0) is 87.4 Å². The van der Waals surface area contributed by atoms with Crippen LogP contribution in [0.2, 0.25) is 0 Å². The molecule has 8 heteroatoms. The molecule has 1 aliphatic carbocycles. The van der Waals surface area contributed by atoms with Crippen molar-refractivity contribution in [3.05, 3.63) is 83.9 Å². The zero-order valence-electron chi connectivity index (χ0n) is 25.6. The number of hydrogen-bond acceptors (Lipinski definition) is 5. The van der Waals surface area contributed by atoms with Crippen molar-refractivity contribution in [1.29, 1.82) is 5.26 Å². The Bertz CT molecular complexity index is 1400. The number of benzene rings is 2. The molecule has 2 amide bonds. The summed E-state index contributed by atoms with van der Waals surface area (Å²) >= 11 is 0. The number of aryl methyl sites for hydroxylation is 1. The maximum Gasteiger partial charge on any atom is 0.314 e. The summed E-state index contributed by atoms with van der Waals surface area (Å²) in [6, 6.07) is 21.4. The standard InChI is InChI=1S/C35H45N7O/c1-26-38-17-20-41(26)25-35(29-7-4-3-5-8-29,32-9-6-10-33(32)39-34(43)37-2)30-15-18-40(19-16-30)22-28-23-42(24-28)31-13-11-27(21-36)12-14-31/h3-5,7-8,11-14,17,20,28,30,32-33H,6,9-10,15-16,18-19,22-25H2,1-2H3,(H2,37,39,43)/t32-,33-,35-/m0/s1. The van der Waals surface area contributed by atoms with E-state index in [0.29, 0.717) is 23.3 Å². The highest BCUT2D eigenvalue weighted by Crippen LogP contribution is 2.51. The Labute approximate surface area is 256 Å². The van der Waals surface area contributed by atoms with E-state index in [9.17, 15) is 4.79 Å². The van der Waals surface area contributed by atoms with Gasteiger partial charge >= 0.3 is 6.03 Å². The molecule has 0 bridgehead atoms. The van der Waals surface area contributed by atoms with E-state index in [4.69, 9.17) is 5.26 Å². The van der Waals surface area contributed by atoms with Crippen molar-refractivity contribution in [3.63, 3.8) is 0 Å². The lowest BCUT2D eigenvalue weighted by Crippen LogP contribution is -2.57. The summed E-state index contributed by atoms with van der Waals surface area (Å²) in [6.07, 6.45) is 9.62. The molecule has 3 fully saturated rings. The lowest BCUT2D eigenvalue weighted by Gasteiger charge is -2.51. The fourth-order valence-corrected chi connectivity index (χ4v) is 8.32. The van der Waals surface area contributed by atoms with E-state index < -0.39 is 0 Å². The second kappa shape index (κ2) is 12.8. The minimum absolute atomic E-state index is 0.0805. The van der Waals surface area contributed by atoms with Crippen molar-refractivity contribution in [2.75, 3.05) is 44.7 Å². The number of imidazole rings is 1. The summed E-state index contributed by atoms with van der Waals surface area (Å²) < 4.78 is 2.35. The van der Waals surface area contributed by atoms with Crippen LogP contribution in [0.15, 0.2) is 67.0 Å². The number of nitriles is 1. The maximum atomic E-state index is 12.6. The molecule has 8 nitrogen and oxygen atoms in total.